The van der Waals surface area contributed by atoms with Gasteiger partial charge in [0, 0.05) is 24.9 Å². The van der Waals surface area contributed by atoms with Gasteiger partial charge in [0.2, 0.25) is 0 Å². The van der Waals surface area contributed by atoms with Crippen LogP contribution in [0.4, 0.5) is 0 Å². The van der Waals surface area contributed by atoms with Crippen molar-refractivity contribution >= 4 is 0 Å². The van der Waals surface area contributed by atoms with E-state index < -0.39 is 0 Å². The zero-order chi connectivity index (χ0) is 10.8. The molecule has 0 saturated heterocycles. The van der Waals surface area contributed by atoms with E-state index in [1.54, 1.807) is 24.1 Å². The van der Waals surface area contributed by atoms with Crippen LogP contribution in [0, 0.1) is 0 Å². The fraction of sp³-hybridized carbons (Fsp3) is 0.222. The average molecular weight is 205 g/mol. The van der Waals surface area contributed by atoms with E-state index in [0.29, 0.717) is 11.5 Å². The number of rotatable bonds is 2. The SMILES string of the molecule is Cn1cc(-c2cc(=O)[nH]c(CN)n2)cn1. The highest BCUT2D eigenvalue weighted by atomic mass is 16.1. The van der Waals surface area contributed by atoms with Crippen molar-refractivity contribution in [3.05, 3.63) is 34.6 Å². The highest BCUT2D eigenvalue weighted by Gasteiger charge is 2.04. The van der Waals surface area contributed by atoms with Gasteiger partial charge < -0.3 is 10.7 Å². The van der Waals surface area contributed by atoms with Gasteiger partial charge in [0.25, 0.3) is 5.56 Å². The standard InChI is InChI=1S/C9H11N5O/c1-14-5-6(4-11-14)7-2-9(15)13-8(3-10)12-7/h2,4-5H,3,10H2,1H3,(H,12,13,15). The normalized spacial score (nSPS) is 10.5. The number of aromatic amines is 1. The van der Waals surface area contributed by atoms with Gasteiger partial charge >= 0.3 is 0 Å². The van der Waals surface area contributed by atoms with E-state index in [-0.39, 0.29) is 12.1 Å². The molecule has 0 unspecified atom stereocenters. The van der Waals surface area contributed by atoms with E-state index in [1.807, 2.05) is 0 Å². The molecule has 0 aliphatic heterocycles. The molecule has 6 heteroatoms. The fourth-order valence-corrected chi connectivity index (χ4v) is 1.31. The number of aromatic nitrogens is 4. The van der Waals surface area contributed by atoms with E-state index in [4.69, 9.17) is 5.73 Å². The van der Waals surface area contributed by atoms with Crippen molar-refractivity contribution in [3.63, 3.8) is 0 Å². The second-order valence-electron chi connectivity index (χ2n) is 3.18. The first kappa shape index (κ1) is 9.60. The van der Waals surface area contributed by atoms with E-state index in [9.17, 15) is 4.79 Å². The zero-order valence-corrected chi connectivity index (χ0v) is 8.27. The molecule has 0 amide bonds. The van der Waals surface area contributed by atoms with Crippen LogP contribution in [0.1, 0.15) is 5.82 Å². The Hall–Kier alpha value is -1.95. The number of hydrogen-bond donors (Lipinski definition) is 2. The molecule has 2 aromatic heterocycles. The molecule has 0 bridgehead atoms. The Morgan fingerprint density at radius 1 is 1.60 bits per heavy atom. The van der Waals surface area contributed by atoms with Crippen molar-refractivity contribution in [2.24, 2.45) is 12.8 Å². The summed E-state index contributed by atoms with van der Waals surface area (Å²) in [6, 6.07) is 1.43. The molecule has 0 aromatic carbocycles. The number of aryl methyl sites for hydroxylation is 1. The van der Waals surface area contributed by atoms with Crippen molar-refractivity contribution in [1.82, 2.24) is 19.7 Å². The maximum atomic E-state index is 11.3. The number of nitrogens with two attached hydrogens (primary N) is 1. The molecule has 0 saturated carbocycles. The Balaban J connectivity index is 2.53. The summed E-state index contributed by atoms with van der Waals surface area (Å²) in [7, 11) is 1.81. The Kier molecular flexibility index (Phi) is 2.34. The minimum atomic E-state index is -0.204. The summed E-state index contributed by atoms with van der Waals surface area (Å²) >= 11 is 0. The van der Waals surface area contributed by atoms with Gasteiger partial charge in [0.1, 0.15) is 5.82 Å². The maximum Gasteiger partial charge on any atom is 0.251 e. The summed E-state index contributed by atoms with van der Waals surface area (Å²) in [5.74, 6) is 0.473. The molecule has 2 heterocycles. The fourth-order valence-electron chi connectivity index (χ4n) is 1.31. The van der Waals surface area contributed by atoms with Crippen LogP contribution in [-0.4, -0.2) is 19.7 Å². The molecular formula is C9H11N5O. The monoisotopic (exact) mass is 205 g/mol. The first-order chi connectivity index (χ1) is 7.19. The summed E-state index contributed by atoms with van der Waals surface area (Å²) in [6.07, 6.45) is 3.45. The zero-order valence-electron chi connectivity index (χ0n) is 8.27. The molecular weight excluding hydrogens is 194 g/mol. The Morgan fingerprint density at radius 2 is 2.40 bits per heavy atom. The van der Waals surface area contributed by atoms with E-state index in [0.717, 1.165) is 5.56 Å². The molecule has 2 aromatic rings. The Bertz CT molecular complexity index is 527. The van der Waals surface area contributed by atoms with Crippen molar-refractivity contribution in [2.75, 3.05) is 0 Å². The summed E-state index contributed by atoms with van der Waals surface area (Å²) in [5, 5.41) is 4.01. The second kappa shape index (κ2) is 3.66. The number of nitrogens with zero attached hydrogens (tertiary/aromatic N) is 3. The minimum Gasteiger partial charge on any atom is -0.324 e. The summed E-state index contributed by atoms with van der Waals surface area (Å²) in [5.41, 5.74) is 6.61. The maximum absolute atomic E-state index is 11.3. The van der Waals surface area contributed by atoms with Crippen LogP contribution in [0.2, 0.25) is 0 Å². The molecule has 0 atom stereocenters. The number of nitrogens with one attached hydrogen (secondary N) is 1. The smallest absolute Gasteiger partial charge is 0.251 e. The lowest BCUT2D eigenvalue weighted by atomic mass is 10.2. The molecule has 0 radical (unpaired) electrons. The van der Waals surface area contributed by atoms with E-state index in [1.165, 1.54) is 6.07 Å². The molecule has 0 fully saturated rings. The van der Waals surface area contributed by atoms with Gasteiger partial charge in [0.15, 0.2) is 0 Å². The second-order valence-corrected chi connectivity index (χ2v) is 3.18. The first-order valence-electron chi connectivity index (χ1n) is 4.48. The van der Waals surface area contributed by atoms with Crippen LogP contribution in [0.25, 0.3) is 11.3 Å². The largest absolute Gasteiger partial charge is 0.324 e. The third kappa shape index (κ3) is 1.94. The van der Waals surface area contributed by atoms with Gasteiger partial charge in [-0.05, 0) is 0 Å². The lowest BCUT2D eigenvalue weighted by Gasteiger charge is -1.99. The topological polar surface area (TPSA) is 89.6 Å². The Labute approximate surface area is 85.8 Å². The minimum absolute atomic E-state index is 0.204. The number of H-pyrrole nitrogens is 1. The van der Waals surface area contributed by atoms with Crippen LogP contribution in [0.5, 0.6) is 0 Å². The predicted octanol–water partition coefficient (Wildman–Crippen LogP) is -0.371. The third-order valence-corrected chi connectivity index (χ3v) is 1.98. The third-order valence-electron chi connectivity index (χ3n) is 1.98. The predicted molar refractivity (Wildman–Crippen MR) is 55.0 cm³/mol. The number of hydrogen-bond acceptors (Lipinski definition) is 4. The van der Waals surface area contributed by atoms with E-state index >= 15 is 0 Å². The Morgan fingerprint density at radius 3 is 3.00 bits per heavy atom. The average Bonchev–Trinajstić information content (AvgIpc) is 2.64. The van der Waals surface area contributed by atoms with Crippen molar-refractivity contribution in [3.8, 4) is 11.3 Å². The van der Waals surface area contributed by atoms with Gasteiger partial charge in [-0.25, -0.2) is 4.98 Å². The molecule has 0 spiro atoms. The van der Waals surface area contributed by atoms with Gasteiger partial charge in [-0.3, -0.25) is 9.48 Å². The quantitative estimate of drug-likeness (QED) is 0.700. The highest BCUT2D eigenvalue weighted by Crippen LogP contribution is 2.12. The van der Waals surface area contributed by atoms with Crippen molar-refractivity contribution in [1.29, 1.82) is 0 Å². The summed E-state index contributed by atoms with van der Waals surface area (Å²) < 4.78 is 1.65. The van der Waals surface area contributed by atoms with Crippen LogP contribution in [-0.2, 0) is 13.6 Å². The molecule has 78 valence electrons. The van der Waals surface area contributed by atoms with Crippen molar-refractivity contribution < 1.29 is 0 Å². The lowest BCUT2D eigenvalue weighted by molar-refractivity contribution is 0.768. The summed E-state index contributed by atoms with van der Waals surface area (Å²) in [4.78, 5) is 18.0. The van der Waals surface area contributed by atoms with Gasteiger partial charge in [0.05, 0.1) is 18.4 Å². The van der Waals surface area contributed by atoms with E-state index in [2.05, 4.69) is 15.1 Å². The van der Waals surface area contributed by atoms with Crippen LogP contribution < -0.4 is 11.3 Å². The molecule has 0 aliphatic carbocycles. The highest BCUT2D eigenvalue weighted by molar-refractivity contribution is 5.56. The lowest BCUT2D eigenvalue weighted by Crippen LogP contribution is -2.13. The first-order valence-corrected chi connectivity index (χ1v) is 4.48. The van der Waals surface area contributed by atoms with Crippen LogP contribution >= 0.6 is 0 Å². The van der Waals surface area contributed by atoms with Crippen molar-refractivity contribution in [2.45, 2.75) is 6.54 Å². The molecule has 6 nitrogen and oxygen atoms in total. The van der Waals surface area contributed by atoms with Crippen LogP contribution in [0.3, 0.4) is 0 Å². The van der Waals surface area contributed by atoms with Gasteiger partial charge in [-0.2, -0.15) is 5.10 Å². The summed E-state index contributed by atoms with van der Waals surface area (Å²) in [6.45, 7) is 0.212. The molecule has 2 rings (SSSR count). The molecule has 3 N–H and O–H groups in total. The molecule has 15 heavy (non-hydrogen) atoms. The molecule has 0 aliphatic rings. The van der Waals surface area contributed by atoms with Gasteiger partial charge in [-0.15, -0.1) is 0 Å². The van der Waals surface area contributed by atoms with Crippen LogP contribution in [0.15, 0.2) is 23.3 Å². The van der Waals surface area contributed by atoms with Gasteiger partial charge in [-0.1, -0.05) is 0 Å².